The summed E-state index contributed by atoms with van der Waals surface area (Å²) in [6.45, 7) is 0. The lowest BCUT2D eigenvalue weighted by atomic mass is 10.1. The van der Waals surface area contributed by atoms with Crippen molar-refractivity contribution in [3.05, 3.63) is 65.4 Å². The second-order valence-electron chi connectivity index (χ2n) is 6.30. The van der Waals surface area contributed by atoms with Gasteiger partial charge in [-0.15, -0.1) is 0 Å². The van der Waals surface area contributed by atoms with E-state index in [4.69, 9.17) is 0 Å². The second-order valence-corrected chi connectivity index (χ2v) is 6.30. The van der Waals surface area contributed by atoms with Gasteiger partial charge in [0, 0.05) is 29.8 Å². The molecule has 2 aromatic carbocycles. The number of nitrogens with zero attached hydrogens (tertiary/aromatic N) is 1. The minimum Gasteiger partial charge on any atom is -0.350 e. The monoisotopic (exact) mass is 428 g/mol. The van der Waals surface area contributed by atoms with Crippen molar-refractivity contribution in [1.29, 1.82) is 0 Å². The zero-order valence-electron chi connectivity index (χ0n) is 15.1. The van der Waals surface area contributed by atoms with E-state index in [-0.39, 0.29) is 11.6 Å². The smallest absolute Gasteiger partial charge is 0.350 e. The molecule has 1 radical (unpaired) electrons. The number of imide groups is 1. The number of urea groups is 1. The van der Waals surface area contributed by atoms with Crippen LogP contribution in [0, 0.1) is 6.07 Å². The van der Waals surface area contributed by atoms with Crippen LogP contribution in [0.25, 0.3) is 10.9 Å². The van der Waals surface area contributed by atoms with Crippen LogP contribution in [0.1, 0.15) is 21.5 Å². The fourth-order valence-electron chi connectivity index (χ4n) is 2.81. The number of halogens is 6. The molecule has 2 N–H and O–H groups in total. The van der Waals surface area contributed by atoms with Gasteiger partial charge in [0.2, 0.25) is 0 Å². The van der Waals surface area contributed by atoms with E-state index < -0.39 is 41.1 Å². The third kappa shape index (κ3) is 4.39. The number of amides is 3. The number of benzene rings is 2. The Labute approximate surface area is 165 Å². The van der Waals surface area contributed by atoms with Gasteiger partial charge in [0.15, 0.2) is 0 Å². The van der Waals surface area contributed by atoms with Crippen LogP contribution in [-0.4, -0.2) is 16.5 Å². The first kappa shape index (κ1) is 21.2. The number of hydrogen-bond acceptors (Lipinski definition) is 2. The van der Waals surface area contributed by atoms with Crippen molar-refractivity contribution in [3.63, 3.8) is 0 Å². The van der Waals surface area contributed by atoms with Gasteiger partial charge in [0.25, 0.3) is 5.91 Å². The van der Waals surface area contributed by atoms with Crippen molar-refractivity contribution in [2.45, 2.75) is 12.4 Å². The molecule has 0 aliphatic carbocycles. The molecule has 0 aliphatic heterocycles. The number of rotatable bonds is 2. The van der Waals surface area contributed by atoms with Gasteiger partial charge in [-0.25, -0.2) is 4.79 Å². The molecular weight excluding hydrogens is 416 g/mol. The first-order valence-corrected chi connectivity index (χ1v) is 8.23. The highest BCUT2D eigenvalue weighted by Crippen LogP contribution is 2.37. The average Bonchev–Trinajstić information content (AvgIpc) is 2.97. The highest BCUT2D eigenvalue weighted by atomic mass is 19.4. The van der Waals surface area contributed by atoms with Crippen LogP contribution < -0.4 is 10.6 Å². The van der Waals surface area contributed by atoms with Crippen LogP contribution in [0.3, 0.4) is 0 Å². The van der Waals surface area contributed by atoms with E-state index in [1.54, 1.807) is 29.8 Å². The Morgan fingerprint density at radius 3 is 2.17 bits per heavy atom. The number of fused-ring (bicyclic) bond motifs is 1. The van der Waals surface area contributed by atoms with Gasteiger partial charge in [-0.3, -0.25) is 10.1 Å². The van der Waals surface area contributed by atoms with E-state index in [1.807, 2.05) is 10.6 Å². The van der Waals surface area contributed by atoms with Crippen LogP contribution >= 0.6 is 0 Å². The molecule has 0 aliphatic rings. The summed E-state index contributed by atoms with van der Waals surface area (Å²) < 4.78 is 79.0. The minimum atomic E-state index is -5.07. The van der Waals surface area contributed by atoms with Crippen LogP contribution in [0.2, 0.25) is 0 Å². The summed E-state index contributed by atoms with van der Waals surface area (Å²) in [4.78, 5) is 24.4. The number of hydrogen-bond donors (Lipinski definition) is 2. The maximum absolute atomic E-state index is 12.9. The van der Waals surface area contributed by atoms with Crippen molar-refractivity contribution < 1.29 is 35.9 Å². The predicted octanol–water partition coefficient (Wildman–Crippen LogP) is 4.98. The van der Waals surface area contributed by atoms with Gasteiger partial charge >= 0.3 is 18.4 Å². The topological polar surface area (TPSA) is 63.1 Å². The number of alkyl halides is 6. The molecule has 3 aromatic rings. The Bertz CT molecular complexity index is 1100. The Balaban J connectivity index is 1.84. The summed E-state index contributed by atoms with van der Waals surface area (Å²) >= 11 is 0. The second kappa shape index (κ2) is 7.39. The summed E-state index contributed by atoms with van der Waals surface area (Å²) in [5.74, 6) is -0.882. The molecule has 11 heteroatoms. The lowest BCUT2D eigenvalue weighted by Crippen LogP contribution is -2.34. The Morgan fingerprint density at radius 2 is 1.60 bits per heavy atom. The SMILES string of the molecule is Cn1cc(C(=O)NC(=O)Nc2cc(C(F)(F)F)cc(C(F)(F)F)c2)c2cc[c]cc21. The summed E-state index contributed by atoms with van der Waals surface area (Å²) in [6.07, 6.45) is -8.71. The van der Waals surface area contributed by atoms with Crippen molar-refractivity contribution in [3.8, 4) is 0 Å². The van der Waals surface area contributed by atoms with Gasteiger partial charge in [-0.1, -0.05) is 12.1 Å². The van der Waals surface area contributed by atoms with E-state index in [1.165, 1.54) is 6.20 Å². The largest absolute Gasteiger partial charge is 0.416 e. The number of aryl methyl sites for hydroxylation is 1. The predicted molar refractivity (Wildman–Crippen MR) is 94.7 cm³/mol. The molecule has 3 amide bonds. The number of anilines is 1. The fraction of sp³-hybridized carbons (Fsp3) is 0.158. The van der Waals surface area contributed by atoms with E-state index in [0.717, 1.165) is 0 Å². The molecule has 30 heavy (non-hydrogen) atoms. The van der Waals surface area contributed by atoms with Crippen molar-refractivity contribution in [1.82, 2.24) is 9.88 Å². The molecule has 1 heterocycles. The first-order chi connectivity index (χ1) is 13.9. The van der Waals surface area contributed by atoms with Crippen LogP contribution in [0.4, 0.5) is 36.8 Å². The third-order valence-electron chi connectivity index (χ3n) is 4.15. The molecule has 0 bridgehead atoms. The molecule has 0 saturated heterocycles. The molecule has 0 fully saturated rings. The number of nitrogens with one attached hydrogen (secondary N) is 2. The zero-order chi connectivity index (χ0) is 22.3. The number of aromatic nitrogens is 1. The summed E-state index contributed by atoms with van der Waals surface area (Å²) in [6, 6.07) is 6.87. The quantitative estimate of drug-likeness (QED) is 0.566. The molecule has 5 nitrogen and oxygen atoms in total. The zero-order valence-corrected chi connectivity index (χ0v) is 15.1. The van der Waals surface area contributed by atoms with Crippen LogP contribution in [0.15, 0.2) is 42.6 Å². The number of carbonyl (C=O) groups excluding carboxylic acids is 2. The average molecular weight is 428 g/mol. The maximum Gasteiger partial charge on any atom is 0.416 e. The minimum absolute atomic E-state index is 0.0681. The number of carbonyl (C=O) groups is 2. The molecule has 0 spiro atoms. The Hall–Kier alpha value is -3.50. The highest BCUT2D eigenvalue weighted by Gasteiger charge is 2.37. The Kier molecular flexibility index (Phi) is 5.23. The van der Waals surface area contributed by atoms with E-state index in [0.29, 0.717) is 23.0 Å². The third-order valence-corrected chi connectivity index (χ3v) is 4.15. The van der Waals surface area contributed by atoms with E-state index >= 15 is 0 Å². The summed E-state index contributed by atoms with van der Waals surface area (Å²) in [5, 5.41) is 4.22. The van der Waals surface area contributed by atoms with Gasteiger partial charge in [-0.05, 0) is 30.3 Å². The standard InChI is InChI=1S/C19H12F6N3O2/c1-28-9-14(13-4-2-3-5-15(13)28)16(29)27-17(30)26-12-7-10(18(20,21)22)6-11(8-12)19(23,24)25/h2,4-9H,1H3,(H2,26,27,29,30). The first-order valence-electron chi connectivity index (χ1n) is 8.23. The molecular formula is C19H12F6N3O2. The van der Waals surface area contributed by atoms with Gasteiger partial charge in [0.1, 0.15) is 0 Å². The molecule has 0 saturated carbocycles. The fourth-order valence-corrected chi connectivity index (χ4v) is 2.81. The van der Waals surface area contributed by atoms with E-state index in [9.17, 15) is 35.9 Å². The summed E-state index contributed by atoms with van der Waals surface area (Å²) in [7, 11) is 1.65. The van der Waals surface area contributed by atoms with Crippen molar-refractivity contribution in [2.24, 2.45) is 7.05 Å². The van der Waals surface area contributed by atoms with Crippen molar-refractivity contribution in [2.75, 3.05) is 5.32 Å². The molecule has 3 rings (SSSR count). The lowest BCUT2D eigenvalue weighted by Gasteiger charge is -2.14. The van der Waals surface area contributed by atoms with Crippen molar-refractivity contribution >= 4 is 28.5 Å². The van der Waals surface area contributed by atoms with Gasteiger partial charge in [-0.2, -0.15) is 26.3 Å². The highest BCUT2D eigenvalue weighted by molar-refractivity contribution is 6.13. The molecule has 157 valence electrons. The summed E-state index contributed by atoms with van der Waals surface area (Å²) in [5.41, 5.74) is -3.23. The van der Waals surface area contributed by atoms with Crippen LogP contribution in [0.5, 0.6) is 0 Å². The lowest BCUT2D eigenvalue weighted by molar-refractivity contribution is -0.143. The molecule has 1 aromatic heterocycles. The van der Waals surface area contributed by atoms with Crippen LogP contribution in [-0.2, 0) is 19.4 Å². The van der Waals surface area contributed by atoms with Gasteiger partial charge in [0.05, 0.1) is 16.7 Å². The maximum atomic E-state index is 12.9. The van der Waals surface area contributed by atoms with Gasteiger partial charge < -0.3 is 9.88 Å². The Morgan fingerprint density at radius 1 is 1.00 bits per heavy atom. The molecule has 0 unspecified atom stereocenters. The normalized spacial score (nSPS) is 12.1. The molecule has 0 atom stereocenters. The van der Waals surface area contributed by atoms with E-state index in [2.05, 4.69) is 6.07 Å².